The molecule has 0 aliphatic rings. The van der Waals surface area contributed by atoms with Crippen LogP contribution in [0.1, 0.15) is 101 Å². The second-order valence-electron chi connectivity index (χ2n) is 13.7. The number of amides is 4. The van der Waals surface area contributed by atoms with E-state index in [4.69, 9.17) is 0 Å². The van der Waals surface area contributed by atoms with Crippen molar-refractivity contribution in [3.8, 4) is 0 Å². The molecule has 5 atom stereocenters. The van der Waals surface area contributed by atoms with Gasteiger partial charge in [-0.2, -0.15) is 0 Å². The fraction of sp³-hybridized carbons (Fsp3) is 0.556. The standard InChI is InChI=1S/C36H55N5O8S/c1-9-50(48,49)41-28-18-26(17-27(19-28)35(46)39-30(20-42)25-13-11-10-12-14-25)34(45)38-29(15-21(2)3)31(43)16-24(8)33(44)40-32(22(4)5)36(47)37-23(6)7/h10-14,17-19,21-24,29-32,41-43H,9,15-16,20H2,1-8H3,(H,37,47)(H,38,45)(H,39,46)(H,40,44). The summed E-state index contributed by atoms with van der Waals surface area (Å²) in [6.07, 6.45) is -0.839. The minimum Gasteiger partial charge on any atom is -0.394 e. The zero-order valence-electron chi connectivity index (χ0n) is 30.3. The molecule has 0 radical (unpaired) electrons. The van der Waals surface area contributed by atoms with Gasteiger partial charge in [0, 0.05) is 23.1 Å². The van der Waals surface area contributed by atoms with Crippen molar-refractivity contribution in [1.29, 1.82) is 0 Å². The number of anilines is 1. The summed E-state index contributed by atoms with van der Waals surface area (Å²) >= 11 is 0. The van der Waals surface area contributed by atoms with Crippen molar-refractivity contribution in [2.45, 2.75) is 98.5 Å². The SMILES string of the molecule is CCS(=O)(=O)Nc1cc(C(=O)NC(CO)c2ccccc2)cc(C(=O)NC(CC(C)C)C(O)CC(C)C(=O)NC(C(=O)NC(C)C)C(C)C)c1. The van der Waals surface area contributed by atoms with Gasteiger partial charge in [0.05, 0.1) is 36.2 Å². The van der Waals surface area contributed by atoms with Crippen LogP contribution in [-0.4, -0.2) is 78.8 Å². The molecule has 0 aliphatic heterocycles. The first-order chi connectivity index (χ1) is 23.4. The molecule has 4 amide bonds. The topological polar surface area (TPSA) is 203 Å². The Hall–Kier alpha value is -4.01. The molecule has 13 nitrogen and oxygen atoms in total. The zero-order valence-corrected chi connectivity index (χ0v) is 31.1. The summed E-state index contributed by atoms with van der Waals surface area (Å²) in [6, 6.07) is 10.2. The Balaban J connectivity index is 2.34. The van der Waals surface area contributed by atoms with Gasteiger partial charge < -0.3 is 31.5 Å². The van der Waals surface area contributed by atoms with Crippen LogP contribution in [0, 0.1) is 17.8 Å². The van der Waals surface area contributed by atoms with Crippen LogP contribution in [0.3, 0.4) is 0 Å². The van der Waals surface area contributed by atoms with Crippen molar-refractivity contribution >= 4 is 39.3 Å². The molecule has 2 aromatic rings. The lowest BCUT2D eigenvalue weighted by molar-refractivity contribution is -0.132. The quantitative estimate of drug-likeness (QED) is 0.115. The van der Waals surface area contributed by atoms with Crippen molar-refractivity contribution < 1.29 is 37.8 Å². The number of hydrogen-bond acceptors (Lipinski definition) is 8. The molecule has 5 unspecified atom stereocenters. The number of nitrogens with one attached hydrogen (secondary N) is 5. The van der Waals surface area contributed by atoms with Crippen molar-refractivity contribution in [2.75, 3.05) is 17.1 Å². The smallest absolute Gasteiger partial charge is 0.251 e. The first-order valence-electron chi connectivity index (χ1n) is 17.1. The molecule has 0 aromatic heterocycles. The zero-order chi connectivity index (χ0) is 37.8. The third kappa shape index (κ3) is 13.4. The van der Waals surface area contributed by atoms with Gasteiger partial charge >= 0.3 is 0 Å². The molecular formula is C36H55N5O8S. The molecule has 50 heavy (non-hydrogen) atoms. The lowest BCUT2D eigenvalue weighted by atomic mass is 9.91. The molecule has 2 rings (SSSR count). The lowest BCUT2D eigenvalue weighted by Crippen LogP contribution is -2.53. The normalized spacial score (nSPS) is 14.7. The maximum atomic E-state index is 13.7. The van der Waals surface area contributed by atoms with Crippen LogP contribution in [0.2, 0.25) is 0 Å². The van der Waals surface area contributed by atoms with Gasteiger partial charge in [-0.15, -0.1) is 0 Å². The number of sulfonamides is 1. The van der Waals surface area contributed by atoms with E-state index < -0.39 is 64.5 Å². The van der Waals surface area contributed by atoms with E-state index in [1.807, 2.05) is 41.5 Å². The third-order valence-corrected chi connectivity index (χ3v) is 9.33. The highest BCUT2D eigenvalue weighted by atomic mass is 32.2. The van der Waals surface area contributed by atoms with Crippen LogP contribution in [0.15, 0.2) is 48.5 Å². The largest absolute Gasteiger partial charge is 0.394 e. The lowest BCUT2D eigenvalue weighted by Gasteiger charge is -2.29. The first kappa shape index (κ1) is 42.2. The number of benzene rings is 2. The highest BCUT2D eigenvalue weighted by Crippen LogP contribution is 2.21. The van der Waals surface area contributed by atoms with Crippen molar-refractivity contribution in [1.82, 2.24) is 21.3 Å². The Morgan fingerprint density at radius 3 is 1.84 bits per heavy atom. The Labute approximate surface area is 296 Å². The molecular weight excluding hydrogens is 662 g/mol. The first-order valence-corrected chi connectivity index (χ1v) is 18.7. The third-order valence-electron chi connectivity index (χ3n) is 8.03. The predicted octanol–water partition coefficient (Wildman–Crippen LogP) is 3.11. The summed E-state index contributed by atoms with van der Waals surface area (Å²) in [6.45, 7) is 13.8. The van der Waals surface area contributed by atoms with Crippen LogP contribution in [0.5, 0.6) is 0 Å². The van der Waals surface area contributed by atoms with Gasteiger partial charge in [-0.05, 0) is 69.2 Å². The minimum atomic E-state index is -3.78. The molecule has 0 aliphatic carbocycles. The molecule has 7 N–H and O–H groups in total. The molecule has 0 saturated carbocycles. The van der Waals surface area contributed by atoms with Crippen molar-refractivity contribution in [2.24, 2.45) is 17.8 Å². The maximum absolute atomic E-state index is 13.7. The monoisotopic (exact) mass is 717 g/mol. The van der Waals surface area contributed by atoms with E-state index in [0.717, 1.165) is 0 Å². The maximum Gasteiger partial charge on any atom is 0.251 e. The van der Waals surface area contributed by atoms with Gasteiger partial charge in [0.25, 0.3) is 11.8 Å². The van der Waals surface area contributed by atoms with Crippen LogP contribution in [0.25, 0.3) is 0 Å². The summed E-state index contributed by atoms with van der Waals surface area (Å²) in [5.74, 6) is -3.16. The molecule has 278 valence electrons. The molecule has 14 heteroatoms. The van der Waals surface area contributed by atoms with Crippen LogP contribution in [0.4, 0.5) is 5.69 Å². The van der Waals surface area contributed by atoms with E-state index in [1.54, 1.807) is 37.3 Å². The van der Waals surface area contributed by atoms with Gasteiger partial charge in [-0.1, -0.05) is 65.0 Å². The number of carbonyl (C=O) groups excluding carboxylic acids is 4. The van der Waals surface area contributed by atoms with E-state index in [1.165, 1.54) is 25.1 Å². The molecule has 0 heterocycles. The summed E-state index contributed by atoms with van der Waals surface area (Å²) in [7, 11) is -3.78. The van der Waals surface area contributed by atoms with Crippen molar-refractivity contribution in [3.63, 3.8) is 0 Å². The second kappa shape index (κ2) is 19.4. The molecule has 0 bridgehead atoms. The Kier molecular flexibility index (Phi) is 16.4. The average Bonchev–Trinajstić information content (AvgIpc) is 3.04. The van der Waals surface area contributed by atoms with E-state index >= 15 is 0 Å². The van der Waals surface area contributed by atoms with E-state index in [9.17, 15) is 37.8 Å². The van der Waals surface area contributed by atoms with Crippen LogP contribution in [-0.2, 0) is 19.6 Å². The summed E-state index contributed by atoms with van der Waals surface area (Å²) < 4.78 is 27.3. The molecule has 0 fully saturated rings. The summed E-state index contributed by atoms with van der Waals surface area (Å²) in [5.41, 5.74) is 0.552. The number of hydrogen-bond donors (Lipinski definition) is 7. The predicted molar refractivity (Wildman–Crippen MR) is 194 cm³/mol. The highest BCUT2D eigenvalue weighted by Gasteiger charge is 2.31. The summed E-state index contributed by atoms with van der Waals surface area (Å²) in [5, 5.41) is 32.4. The second-order valence-corrected chi connectivity index (χ2v) is 15.7. The fourth-order valence-corrected chi connectivity index (χ4v) is 5.89. The number of aliphatic hydroxyl groups excluding tert-OH is 2. The average molecular weight is 718 g/mol. The number of carbonyl (C=O) groups is 4. The Morgan fingerprint density at radius 1 is 0.760 bits per heavy atom. The van der Waals surface area contributed by atoms with E-state index in [0.29, 0.717) is 12.0 Å². The van der Waals surface area contributed by atoms with Crippen LogP contribution < -0.4 is 26.0 Å². The van der Waals surface area contributed by atoms with Gasteiger partial charge in [-0.3, -0.25) is 23.9 Å². The van der Waals surface area contributed by atoms with Crippen molar-refractivity contribution in [3.05, 3.63) is 65.2 Å². The number of rotatable bonds is 19. The fourth-order valence-electron chi connectivity index (χ4n) is 5.27. The van der Waals surface area contributed by atoms with E-state index in [-0.39, 0.29) is 52.8 Å². The Bertz CT molecular complexity index is 1550. The van der Waals surface area contributed by atoms with Gasteiger partial charge in [-0.25, -0.2) is 8.42 Å². The molecule has 0 spiro atoms. The highest BCUT2D eigenvalue weighted by molar-refractivity contribution is 7.92. The number of aliphatic hydroxyl groups is 2. The molecule has 0 saturated heterocycles. The van der Waals surface area contributed by atoms with Gasteiger partial charge in [0.15, 0.2) is 0 Å². The van der Waals surface area contributed by atoms with Gasteiger partial charge in [0.2, 0.25) is 21.8 Å². The summed E-state index contributed by atoms with van der Waals surface area (Å²) in [4.78, 5) is 52.9. The molecule has 2 aromatic carbocycles. The minimum absolute atomic E-state index is 0.0163. The van der Waals surface area contributed by atoms with Gasteiger partial charge in [0.1, 0.15) is 6.04 Å². The Morgan fingerprint density at radius 2 is 1.34 bits per heavy atom. The van der Waals surface area contributed by atoms with E-state index in [2.05, 4.69) is 26.0 Å². The van der Waals surface area contributed by atoms with Crippen LogP contribution >= 0.6 is 0 Å².